The van der Waals surface area contributed by atoms with E-state index in [1.165, 1.54) is 23.9 Å². The second-order valence-electron chi connectivity index (χ2n) is 7.43. The molecule has 1 fully saturated rings. The molecule has 1 saturated heterocycles. The number of nitrogens with zero attached hydrogens (tertiary/aromatic N) is 1. The van der Waals surface area contributed by atoms with Crippen molar-refractivity contribution in [3.8, 4) is 0 Å². The largest absolute Gasteiger partial charge is 0.462 e. The number of hydrogen-bond donors (Lipinski definition) is 0. The van der Waals surface area contributed by atoms with Crippen LogP contribution in [0.25, 0.3) is 0 Å². The minimum absolute atomic E-state index is 0.000470. The van der Waals surface area contributed by atoms with Gasteiger partial charge in [0.2, 0.25) is 5.91 Å². The molecule has 1 heterocycles. The molecule has 1 radical (unpaired) electrons. The maximum atomic E-state index is 13.3. The molecule has 153 valence electrons. The van der Waals surface area contributed by atoms with Gasteiger partial charge in [0.05, 0.1) is 17.9 Å². The molecule has 1 aliphatic heterocycles. The molecule has 2 aromatic carbocycles. The van der Waals surface area contributed by atoms with Crippen LogP contribution in [0.2, 0.25) is 19.1 Å². The van der Waals surface area contributed by atoms with Crippen molar-refractivity contribution in [2.75, 3.05) is 17.3 Å². The van der Waals surface area contributed by atoms with Gasteiger partial charge in [-0.1, -0.05) is 31.3 Å². The molecule has 1 aliphatic rings. The summed E-state index contributed by atoms with van der Waals surface area (Å²) in [6.07, 6.45) is 0.892. The zero-order chi connectivity index (χ0) is 21.0. The van der Waals surface area contributed by atoms with E-state index in [1.807, 2.05) is 6.92 Å². The summed E-state index contributed by atoms with van der Waals surface area (Å²) in [6.45, 7) is 6.80. The molecule has 0 aromatic heterocycles. The number of halogens is 1. The van der Waals surface area contributed by atoms with Crippen molar-refractivity contribution >= 4 is 38.1 Å². The molecule has 1 atom stereocenters. The highest BCUT2D eigenvalue weighted by atomic mass is 32.2. The molecule has 0 N–H and O–H groups in total. The molecule has 3 rings (SSSR count). The van der Waals surface area contributed by atoms with Gasteiger partial charge in [-0.25, -0.2) is 9.18 Å². The minimum atomic E-state index is -0.335. The van der Waals surface area contributed by atoms with Gasteiger partial charge in [-0.2, -0.15) is 0 Å². The number of benzene rings is 2. The van der Waals surface area contributed by atoms with Crippen LogP contribution in [0.1, 0.15) is 33.3 Å². The summed E-state index contributed by atoms with van der Waals surface area (Å²) >= 11 is 1.51. The Morgan fingerprint density at radius 1 is 1.24 bits per heavy atom. The van der Waals surface area contributed by atoms with E-state index in [9.17, 15) is 14.0 Å². The lowest BCUT2D eigenvalue weighted by molar-refractivity contribution is -0.115. The quantitative estimate of drug-likeness (QED) is 0.343. The average Bonchev–Trinajstić information content (AvgIpc) is 3.06. The smallest absolute Gasteiger partial charge is 0.338 e. The SMILES string of the molecule is Cc1cc(C(=O)OCCC[Si](C)C)ccc1N1C(=O)CSC1c1ccc(F)cc1. The molecular weight excluding hydrogens is 405 g/mol. The number of amides is 1. The lowest BCUT2D eigenvalue weighted by Crippen LogP contribution is -2.28. The number of ether oxygens (including phenoxy) is 1. The Kier molecular flexibility index (Phi) is 7.13. The number of hydrogen-bond acceptors (Lipinski definition) is 4. The van der Waals surface area contributed by atoms with E-state index >= 15 is 0 Å². The van der Waals surface area contributed by atoms with Crippen molar-refractivity contribution < 1.29 is 18.7 Å². The van der Waals surface area contributed by atoms with Crippen LogP contribution in [0, 0.1) is 12.7 Å². The molecule has 0 bridgehead atoms. The molecule has 1 unspecified atom stereocenters. The fourth-order valence-corrected chi connectivity index (χ4v) is 5.31. The van der Waals surface area contributed by atoms with Crippen molar-refractivity contribution in [1.29, 1.82) is 0 Å². The van der Waals surface area contributed by atoms with E-state index < -0.39 is 0 Å². The molecule has 1 amide bonds. The number of carbonyl (C=O) groups excluding carboxylic acids is 2. The minimum Gasteiger partial charge on any atom is -0.462 e. The Morgan fingerprint density at radius 2 is 1.97 bits per heavy atom. The van der Waals surface area contributed by atoms with Crippen molar-refractivity contribution in [2.45, 2.75) is 37.9 Å². The zero-order valence-electron chi connectivity index (χ0n) is 16.9. The van der Waals surface area contributed by atoms with E-state index in [-0.39, 0.29) is 31.9 Å². The van der Waals surface area contributed by atoms with Crippen LogP contribution in [0.15, 0.2) is 42.5 Å². The Balaban J connectivity index is 1.75. The number of aryl methyl sites for hydroxylation is 1. The third-order valence-electron chi connectivity index (χ3n) is 4.77. The predicted octanol–water partition coefficient (Wildman–Crippen LogP) is 5.21. The predicted molar refractivity (Wildman–Crippen MR) is 117 cm³/mol. The lowest BCUT2D eigenvalue weighted by Gasteiger charge is -2.26. The molecule has 7 heteroatoms. The fourth-order valence-electron chi connectivity index (χ4n) is 3.29. The second-order valence-corrected chi connectivity index (χ2v) is 11.4. The van der Waals surface area contributed by atoms with Gasteiger partial charge in [0, 0.05) is 14.5 Å². The molecule has 2 aromatic rings. The third kappa shape index (κ3) is 5.28. The van der Waals surface area contributed by atoms with E-state index in [2.05, 4.69) is 13.1 Å². The van der Waals surface area contributed by atoms with Gasteiger partial charge >= 0.3 is 5.97 Å². The van der Waals surface area contributed by atoms with Crippen LogP contribution >= 0.6 is 11.8 Å². The summed E-state index contributed by atoms with van der Waals surface area (Å²) < 4.78 is 18.7. The Morgan fingerprint density at radius 3 is 2.62 bits per heavy atom. The van der Waals surface area contributed by atoms with Gasteiger partial charge in [0.25, 0.3) is 0 Å². The number of thioether (sulfide) groups is 1. The first kappa shape index (κ1) is 21.6. The molecule has 4 nitrogen and oxygen atoms in total. The maximum absolute atomic E-state index is 13.3. The van der Waals surface area contributed by atoms with E-state index in [0.717, 1.165) is 29.3 Å². The fraction of sp³-hybridized carbons (Fsp3) is 0.364. The highest BCUT2D eigenvalue weighted by Gasteiger charge is 2.35. The van der Waals surface area contributed by atoms with Crippen LogP contribution in [-0.2, 0) is 9.53 Å². The summed E-state index contributed by atoms with van der Waals surface area (Å²) in [4.78, 5) is 26.6. The van der Waals surface area contributed by atoms with Crippen molar-refractivity contribution in [2.24, 2.45) is 0 Å². The molecule has 0 aliphatic carbocycles. The van der Waals surface area contributed by atoms with E-state index in [4.69, 9.17) is 4.74 Å². The van der Waals surface area contributed by atoms with Crippen LogP contribution < -0.4 is 4.90 Å². The van der Waals surface area contributed by atoms with Crippen LogP contribution in [0.4, 0.5) is 10.1 Å². The maximum Gasteiger partial charge on any atom is 0.338 e. The van der Waals surface area contributed by atoms with E-state index in [0.29, 0.717) is 17.9 Å². The standard InChI is InChI=1S/C22H25FNO3SSi/c1-15-13-17(22(26)27-11-4-12-29(2)3)7-10-19(15)24-20(25)14-28-21(24)16-5-8-18(23)9-6-16/h5-10,13,21H,4,11-12,14H2,1-3H3. The molecule has 0 spiro atoms. The van der Waals surface area contributed by atoms with Crippen molar-refractivity contribution in [1.82, 2.24) is 0 Å². The highest BCUT2D eigenvalue weighted by Crippen LogP contribution is 2.42. The third-order valence-corrected chi connectivity index (χ3v) is 7.34. The van der Waals surface area contributed by atoms with Gasteiger partial charge in [0.1, 0.15) is 11.2 Å². The monoisotopic (exact) mass is 430 g/mol. The molecule has 29 heavy (non-hydrogen) atoms. The normalized spacial score (nSPS) is 16.5. The van der Waals surface area contributed by atoms with Gasteiger partial charge in [-0.15, -0.1) is 11.8 Å². The van der Waals surface area contributed by atoms with Crippen molar-refractivity contribution in [3.63, 3.8) is 0 Å². The number of esters is 1. The first-order valence-corrected chi connectivity index (χ1v) is 13.4. The summed E-state index contributed by atoms with van der Waals surface area (Å²) in [7, 11) is -0.305. The topological polar surface area (TPSA) is 46.6 Å². The molecule has 0 saturated carbocycles. The number of anilines is 1. The zero-order valence-corrected chi connectivity index (χ0v) is 18.7. The highest BCUT2D eigenvalue weighted by molar-refractivity contribution is 8.00. The van der Waals surface area contributed by atoms with Gasteiger partial charge in [-0.3, -0.25) is 9.69 Å². The van der Waals surface area contributed by atoms with Crippen molar-refractivity contribution in [3.05, 3.63) is 65.0 Å². The van der Waals surface area contributed by atoms with Gasteiger partial charge in [0.15, 0.2) is 0 Å². The number of carbonyl (C=O) groups is 2. The Hall–Kier alpha value is -2.12. The van der Waals surface area contributed by atoms with E-state index in [1.54, 1.807) is 35.2 Å². The van der Waals surface area contributed by atoms with Crippen LogP contribution in [0.3, 0.4) is 0 Å². The summed E-state index contributed by atoms with van der Waals surface area (Å²) in [5, 5.41) is -0.210. The number of rotatable bonds is 7. The Labute approximate surface area is 177 Å². The summed E-state index contributed by atoms with van der Waals surface area (Å²) in [6, 6.07) is 12.6. The van der Waals surface area contributed by atoms with Crippen LogP contribution in [-0.4, -0.2) is 33.0 Å². The lowest BCUT2D eigenvalue weighted by atomic mass is 10.1. The summed E-state index contributed by atoms with van der Waals surface area (Å²) in [5.74, 6) is -0.273. The Bertz CT molecular complexity index is 888. The second kappa shape index (κ2) is 9.58. The van der Waals surface area contributed by atoms with Gasteiger partial charge < -0.3 is 4.74 Å². The first-order chi connectivity index (χ1) is 13.9. The summed E-state index contributed by atoms with van der Waals surface area (Å²) in [5.41, 5.74) is 2.95. The van der Waals surface area contributed by atoms with Gasteiger partial charge in [-0.05, 0) is 54.8 Å². The molecular formula is C22H25FNO3SSi. The average molecular weight is 431 g/mol. The van der Waals surface area contributed by atoms with Crippen LogP contribution in [0.5, 0.6) is 0 Å². The first-order valence-electron chi connectivity index (χ1n) is 9.63.